The molecular weight excluding hydrogens is 538 g/mol. The van der Waals surface area contributed by atoms with Crippen LogP contribution < -0.4 is 0 Å². The van der Waals surface area contributed by atoms with Crippen molar-refractivity contribution in [2.45, 2.75) is 232 Å². The molecule has 0 spiro atoms. The molecule has 0 aliphatic rings. The van der Waals surface area contributed by atoms with Crippen LogP contribution in [-0.4, -0.2) is 42.5 Å². The zero-order valence-corrected chi connectivity index (χ0v) is 31.0. The van der Waals surface area contributed by atoms with Crippen LogP contribution in [0.2, 0.25) is 0 Å². The van der Waals surface area contributed by atoms with Crippen molar-refractivity contribution in [1.82, 2.24) is 4.90 Å². The first kappa shape index (κ1) is 43.6. The summed E-state index contributed by atoms with van der Waals surface area (Å²) in [6.07, 6.45) is 43.4. The summed E-state index contributed by atoms with van der Waals surface area (Å²) in [5, 5.41) is 9.31. The number of hydrogen-bond donors (Lipinski definition) is 1. The van der Waals surface area contributed by atoms with Gasteiger partial charge in [-0.15, -0.1) is 0 Å². The highest BCUT2D eigenvalue weighted by atomic mass is 16.3. The molecule has 0 rings (SSSR count). The molecule has 1 N–H and O–H groups in total. The molecule has 0 aromatic rings. The molecule has 3 nitrogen and oxygen atoms in total. The highest BCUT2D eigenvalue weighted by molar-refractivity contribution is 5.80. The van der Waals surface area contributed by atoms with Crippen LogP contribution in [0, 0.1) is 5.92 Å². The normalized spacial score (nSPS) is 13.1. The van der Waals surface area contributed by atoms with Crippen molar-refractivity contribution in [1.29, 1.82) is 0 Å². The Bertz CT molecular complexity index is 561. The summed E-state index contributed by atoms with van der Waals surface area (Å²) in [5.41, 5.74) is 0. The van der Waals surface area contributed by atoms with E-state index < -0.39 is 0 Å². The van der Waals surface area contributed by atoms with E-state index in [1.54, 1.807) is 0 Å². The Morgan fingerprint density at radius 2 is 0.795 bits per heavy atom. The van der Waals surface area contributed by atoms with Crippen molar-refractivity contribution >= 4 is 5.78 Å². The van der Waals surface area contributed by atoms with Gasteiger partial charge in [0.05, 0.1) is 6.10 Å². The number of nitrogens with zero attached hydrogens (tertiary/aromatic N) is 1. The van der Waals surface area contributed by atoms with Gasteiger partial charge in [-0.3, -0.25) is 4.79 Å². The predicted octanol–water partition coefficient (Wildman–Crippen LogP) is 13.0. The molecule has 0 aliphatic carbocycles. The monoisotopic (exact) mass is 622 g/mol. The summed E-state index contributed by atoms with van der Waals surface area (Å²) in [6.45, 7) is 5.23. The fourth-order valence-electron chi connectivity index (χ4n) is 6.71. The van der Waals surface area contributed by atoms with Gasteiger partial charge in [-0.05, 0) is 53.2 Å². The van der Waals surface area contributed by atoms with Gasteiger partial charge in [0.15, 0.2) is 0 Å². The van der Waals surface area contributed by atoms with Crippen LogP contribution in [-0.2, 0) is 4.79 Å². The summed E-state index contributed by atoms with van der Waals surface area (Å²) in [7, 11) is 4.27. The van der Waals surface area contributed by atoms with Crippen molar-refractivity contribution in [3.8, 4) is 0 Å². The van der Waals surface area contributed by atoms with E-state index >= 15 is 0 Å². The predicted molar refractivity (Wildman–Crippen MR) is 197 cm³/mol. The molecule has 0 heterocycles. The van der Waals surface area contributed by atoms with Gasteiger partial charge in [-0.25, -0.2) is 0 Å². The van der Waals surface area contributed by atoms with Gasteiger partial charge >= 0.3 is 0 Å². The van der Waals surface area contributed by atoms with E-state index in [4.69, 9.17) is 0 Å². The molecule has 264 valence electrons. The second-order valence-corrected chi connectivity index (χ2v) is 14.8. The summed E-state index contributed by atoms with van der Waals surface area (Å²) in [5.74, 6) is 0.851. The van der Waals surface area contributed by atoms with E-state index in [0.29, 0.717) is 11.7 Å². The fourth-order valence-corrected chi connectivity index (χ4v) is 6.71. The standard InChI is InChI=1S/C41H83NO2/c1-5-6-7-8-9-10-11-12-13-18-21-24-27-30-33-36-41(44)40(37-38-42(3)4)35-32-29-26-23-20-17-15-14-16-19-22-25-28-31-34-39(2)43/h39-40,43H,5-38H2,1-4H3. The van der Waals surface area contributed by atoms with Gasteiger partial charge in [0.1, 0.15) is 5.78 Å². The van der Waals surface area contributed by atoms with Gasteiger partial charge in [-0.2, -0.15) is 0 Å². The maximum absolute atomic E-state index is 13.1. The lowest BCUT2D eigenvalue weighted by atomic mass is 9.90. The van der Waals surface area contributed by atoms with E-state index in [1.165, 1.54) is 180 Å². The molecule has 0 radical (unpaired) electrons. The molecular formula is C41H83NO2. The van der Waals surface area contributed by atoms with Crippen LogP contribution in [0.4, 0.5) is 0 Å². The van der Waals surface area contributed by atoms with Crippen molar-refractivity contribution in [2.24, 2.45) is 5.92 Å². The average Bonchev–Trinajstić information content (AvgIpc) is 2.99. The van der Waals surface area contributed by atoms with Crippen LogP contribution in [0.3, 0.4) is 0 Å². The summed E-state index contributed by atoms with van der Waals surface area (Å²) in [6, 6.07) is 0. The third kappa shape index (κ3) is 34.5. The number of aliphatic hydroxyl groups excluding tert-OH is 1. The molecule has 44 heavy (non-hydrogen) atoms. The summed E-state index contributed by atoms with van der Waals surface area (Å²) >= 11 is 0. The van der Waals surface area contributed by atoms with Gasteiger partial charge < -0.3 is 10.0 Å². The molecule has 0 aliphatic heterocycles. The van der Waals surface area contributed by atoms with Crippen LogP contribution in [0.5, 0.6) is 0 Å². The number of unbranched alkanes of at least 4 members (excludes halogenated alkanes) is 27. The number of carbonyl (C=O) groups excluding carboxylic acids is 1. The highest BCUT2D eigenvalue weighted by Gasteiger charge is 2.17. The van der Waals surface area contributed by atoms with Gasteiger partial charge in [0.2, 0.25) is 0 Å². The van der Waals surface area contributed by atoms with Crippen molar-refractivity contribution < 1.29 is 9.90 Å². The summed E-state index contributed by atoms with van der Waals surface area (Å²) < 4.78 is 0. The first-order valence-electron chi connectivity index (χ1n) is 20.3. The van der Waals surface area contributed by atoms with Gasteiger partial charge in [0.25, 0.3) is 0 Å². The Morgan fingerprint density at radius 3 is 1.14 bits per heavy atom. The van der Waals surface area contributed by atoms with Crippen LogP contribution >= 0.6 is 0 Å². The zero-order valence-electron chi connectivity index (χ0n) is 31.0. The van der Waals surface area contributed by atoms with E-state index in [-0.39, 0.29) is 6.10 Å². The second kappa shape index (κ2) is 35.4. The van der Waals surface area contributed by atoms with Crippen molar-refractivity contribution in [3.05, 3.63) is 0 Å². The molecule has 2 atom stereocenters. The molecule has 0 saturated heterocycles. The Labute approximate surface area is 278 Å². The maximum atomic E-state index is 13.1. The first-order chi connectivity index (χ1) is 21.5. The Morgan fingerprint density at radius 1 is 0.477 bits per heavy atom. The fraction of sp³-hybridized carbons (Fsp3) is 0.976. The lowest BCUT2D eigenvalue weighted by Crippen LogP contribution is -2.22. The quantitative estimate of drug-likeness (QED) is 0.0701. The molecule has 0 amide bonds. The SMILES string of the molecule is CCCCCCCCCCCCCCCCCC(=O)C(CCCCCCCCCCCCCCCCC(C)O)CCN(C)C. The molecule has 0 aromatic heterocycles. The minimum Gasteiger partial charge on any atom is -0.393 e. The third-order valence-electron chi connectivity index (χ3n) is 9.83. The van der Waals surface area contributed by atoms with Gasteiger partial charge in [-0.1, -0.05) is 187 Å². The molecule has 0 fully saturated rings. The van der Waals surface area contributed by atoms with Crippen molar-refractivity contribution in [3.63, 3.8) is 0 Å². The molecule has 0 saturated carbocycles. The smallest absolute Gasteiger partial charge is 0.136 e. The van der Waals surface area contributed by atoms with E-state index in [0.717, 1.165) is 38.6 Å². The lowest BCUT2D eigenvalue weighted by molar-refractivity contribution is -0.123. The topological polar surface area (TPSA) is 40.5 Å². The minimum atomic E-state index is -0.123. The Kier molecular flexibility index (Phi) is 35.1. The molecule has 0 bridgehead atoms. The van der Waals surface area contributed by atoms with Crippen LogP contribution in [0.25, 0.3) is 0 Å². The summed E-state index contributed by atoms with van der Waals surface area (Å²) in [4.78, 5) is 15.3. The third-order valence-corrected chi connectivity index (χ3v) is 9.83. The first-order valence-corrected chi connectivity index (χ1v) is 20.3. The number of ketones is 1. The molecule has 3 heteroatoms. The number of aliphatic hydroxyl groups is 1. The number of Topliss-reactive ketones (excluding diaryl/α,β-unsaturated/α-hetero) is 1. The van der Waals surface area contributed by atoms with E-state index in [2.05, 4.69) is 25.9 Å². The number of hydrogen-bond acceptors (Lipinski definition) is 3. The Balaban J connectivity index is 3.68. The Hall–Kier alpha value is -0.410. The van der Waals surface area contributed by atoms with Crippen LogP contribution in [0.15, 0.2) is 0 Å². The van der Waals surface area contributed by atoms with E-state index in [9.17, 15) is 9.90 Å². The minimum absolute atomic E-state index is 0.123. The van der Waals surface area contributed by atoms with Crippen LogP contribution in [0.1, 0.15) is 226 Å². The second-order valence-electron chi connectivity index (χ2n) is 14.8. The molecule has 0 aromatic carbocycles. The maximum Gasteiger partial charge on any atom is 0.136 e. The van der Waals surface area contributed by atoms with E-state index in [1.807, 2.05) is 6.92 Å². The largest absolute Gasteiger partial charge is 0.393 e. The lowest BCUT2D eigenvalue weighted by Gasteiger charge is -2.18. The number of carbonyl (C=O) groups is 1. The van der Waals surface area contributed by atoms with Crippen molar-refractivity contribution in [2.75, 3.05) is 20.6 Å². The number of rotatable bonds is 37. The van der Waals surface area contributed by atoms with Gasteiger partial charge in [0, 0.05) is 12.3 Å². The average molecular weight is 622 g/mol. The highest BCUT2D eigenvalue weighted by Crippen LogP contribution is 2.21. The molecule has 2 unspecified atom stereocenters. The zero-order chi connectivity index (χ0) is 32.4.